The minimum atomic E-state index is -0.357. The molecule has 3 rings (SSSR count). The molecular weight excluding hydrogens is 421 g/mol. The number of carbonyl (C=O) groups is 1. The van der Waals surface area contributed by atoms with Gasteiger partial charge in [-0.05, 0) is 51.9 Å². The standard InChI is InChI=1S/C18H18INO4/c1-22-15-7-6-11(8-16(15)23-2)13-9-17(24-10-21)20-18-12(13)4-3-5-14(18)19/h3-8,10,13,17,20H,9H2,1-2H3. The largest absolute Gasteiger partial charge is 0.493 e. The lowest BCUT2D eigenvalue weighted by Gasteiger charge is -2.33. The number of anilines is 1. The van der Waals surface area contributed by atoms with Gasteiger partial charge in [0.1, 0.15) is 0 Å². The van der Waals surface area contributed by atoms with E-state index in [0.717, 1.165) is 14.8 Å². The molecule has 1 N–H and O–H groups in total. The minimum Gasteiger partial charge on any atom is -0.493 e. The summed E-state index contributed by atoms with van der Waals surface area (Å²) in [5.74, 6) is 1.48. The lowest BCUT2D eigenvalue weighted by atomic mass is 9.84. The first-order valence-corrected chi connectivity index (χ1v) is 8.61. The monoisotopic (exact) mass is 439 g/mol. The molecule has 0 saturated carbocycles. The molecule has 2 unspecified atom stereocenters. The van der Waals surface area contributed by atoms with Gasteiger partial charge >= 0.3 is 0 Å². The van der Waals surface area contributed by atoms with Gasteiger partial charge in [0.05, 0.1) is 19.9 Å². The average molecular weight is 439 g/mol. The van der Waals surface area contributed by atoms with Gasteiger partial charge in [-0.3, -0.25) is 4.79 Å². The third-order valence-corrected chi connectivity index (χ3v) is 5.11. The highest BCUT2D eigenvalue weighted by molar-refractivity contribution is 14.1. The minimum absolute atomic E-state index is 0.0979. The molecular formula is C18H18INO4. The number of carbonyl (C=O) groups excluding carboxylic acids is 1. The Morgan fingerprint density at radius 2 is 1.96 bits per heavy atom. The van der Waals surface area contributed by atoms with Gasteiger partial charge < -0.3 is 19.5 Å². The van der Waals surface area contributed by atoms with E-state index in [1.165, 1.54) is 5.56 Å². The molecule has 1 aliphatic heterocycles. The number of ether oxygens (including phenoxy) is 3. The number of hydrogen-bond donors (Lipinski definition) is 1. The Kier molecular flexibility index (Phi) is 5.13. The number of fused-ring (bicyclic) bond motifs is 1. The highest BCUT2D eigenvalue weighted by Crippen LogP contribution is 2.42. The van der Waals surface area contributed by atoms with Crippen LogP contribution in [-0.2, 0) is 9.53 Å². The van der Waals surface area contributed by atoms with Crippen molar-refractivity contribution in [3.05, 3.63) is 51.1 Å². The van der Waals surface area contributed by atoms with Crippen molar-refractivity contribution in [3.8, 4) is 11.5 Å². The van der Waals surface area contributed by atoms with Crippen molar-refractivity contribution >= 4 is 34.8 Å². The number of benzene rings is 2. The summed E-state index contributed by atoms with van der Waals surface area (Å²) < 4.78 is 17.0. The molecule has 2 aromatic carbocycles. The number of halogens is 1. The Hall–Kier alpha value is -1.96. The van der Waals surface area contributed by atoms with Crippen LogP contribution in [0.25, 0.3) is 0 Å². The molecule has 126 valence electrons. The van der Waals surface area contributed by atoms with Crippen molar-refractivity contribution in [2.75, 3.05) is 19.5 Å². The molecule has 0 radical (unpaired) electrons. The van der Waals surface area contributed by atoms with E-state index in [0.29, 0.717) is 24.4 Å². The van der Waals surface area contributed by atoms with Crippen molar-refractivity contribution in [1.29, 1.82) is 0 Å². The van der Waals surface area contributed by atoms with Gasteiger partial charge in [-0.2, -0.15) is 0 Å². The summed E-state index contributed by atoms with van der Waals surface area (Å²) >= 11 is 2.29. The molecule has 6 heteroatoms. The smallest absolute Gasteiger partial charge is 0.294 e. The zero-order chi connectivity index (χ0) is 17.1. The fraction of sp³-hybridized carbons (Fsp3) is 0.278. The molecule has 0 saturated heterocycles. The van der Waals surface area contributed by atoms with Gasteiger partial charge in [0.15, 0.2) is 17.7 Å². The first-order chi connectivity index (χ1) is 11.7. The fourth-order valence-corrected chi connectivity index (χ4v) is 3.76. The summed E-state index contributed by atoms with van der Waals surface area (Å²) in [5, 5.41) is 3.30. The van der Waals surface area contributed by atoms with Gasteiger partial charge in [0.25, 0.3) is 6.47 Å². The maximum Gasteiger partial charge on any atom is 0.294 e. The number of rotatable bonds is 5. The number of nitrogens with one attached hydrogen (secondary N) is 1. The topological polar surface area (TPSA) is 56.8 Å². The van der Waals surface area contributed by atoms with E-state index in [1.807, 2.05) is 30.3 Å². The summed E-state index contributed by atoms with van der Waals surface area (Å²) in [6, 6.07) is 12.1. The van der Waals surface area contributed by atoms with Crippen LogP contribution in [0, 0.1) is 3.57 Å². The number of hydrogen-bond acceptors (Lipinski definition) is 5. The van der Waals surface area contributed by atoms with E-state index in [1.54, 1.807) is 14.2 Å². The highest BCUT2D eigenvalue weighted by atomic mass is 127. The maximum absolute atomic E-state index is 10.8. The lowest BCUT2D eigenvalue weighted by Crippen LogP contribution is -2.31. The average Bonchev–Trinajstić information content (AvgIpc) is 2.61. The Morgan fingerprint density at radius 3 is 2.67 bits per heavy atom. The Bertz CT molecular complexity index is 750. The van der Waals surface area contributed by atoms with Crippen molar-refractivity contribution in [3.63, 3.8) is 0 Å². The van der Waals surface area contributed by atoms with E-state index < -0.39 is 0 Å². The van der Waals surface area contributed by atoms with Crippen LogP contribution >= 0.6 is 22.6 Å². The van der Waals surface area contributed by atoms with Crippen LogP contribution in [0.2, 0.25) is 0 Å². The molecule has 0 aliphatic carbocycles. The van der Waals surface area contributed by atoms with Gasteiger partial charge in [0.2, 0.25) is 0 Å². The van der Waals surface area contributed by atoms with E-state index in [2.05, 4.69) is 34.0 Å². The second kappa shape index (κ2) is 7.29. The van der Waals surface area contributed by atoms with E-state index in [-0.39, 0.29) is 12.1 Å². The SMILES string of the molecule is COc1ccc(C2CC(OC=O)Nc3c(I)cccc32)cc1OC. The summed E-state index contributed by atoms with van der Waals surface area (Å²) in [5.41, 5.74) is 3.28. The molecule has 2 aromatic rings. The summed E-state index contributed by atoms with van der Waals surface area (Å²) in [4.78, 5) is 10.8. The van der Waals surface area contributed by atoms with Crippen LogP contribution in [-0.4, -0.2) is 26.9 Å². The molecule has 0 amide bonds. The molecule has 0 aromatic heterocycles. The quantitative estimate of drug-likeness (QED) is 0.568. The van der Waals surface area contributed by atoms with Crippen LogP contribution in [0.5, 0.6) is 11.5 Å². The van der Waals surface area contributed by atoms with Crippen molar-refractivity contribution < 1.29 is 19.0 Å². The third kappa shape index (κ3) is 3.15. The molecule has 1 aliphatic rings. The van der Waals surface area contributed by atoms with E-state index in [4.69, 9.17) is 14.2 Å². The molecule has 0 bridgehead atoms. The Morgan fingerprint density at radius 1 is 1.17 bits per heavy atom. The summed E-state index contributed by atoms with van der Waals surface area (Å²) in [6.07, 6.45) is 0.297. The van der Waals surface area contributed by atoms with Gasteiger partial charge in [-0.25, -0.2) is 0 Å². The lowest BCUT2D eigenvalue weighted by molar-refractivity contribution is -0.132. The van der Waals surface area contributed by atoms with Crippen LogP contribution in [0.1, 0.15) is 23.5 Å². The number of methoxy groups -OCH3 is 2. The van der Waals surface area contributed by atoms with Crippen LogP contribution < -0.4 is 14.8 Å². The zero-order valence-corrected chi connectivity index (χ0v) is 15.6. The maximum atomic E-state index is 10.8. The first-order valence-electron chi connectivity index (χ1n) is 7.54. The predicted molar refractivity (Wildman–Crippen MR) is 99.7 cm³/mol. The number of para-hydroxylation sites is 1. The molecule has 1 heterocycles. The molecule has 0 spiro atoms. The Balaban J connectivity index is 2.06. The Labute approximate surface area is 154 Å². The van der Waals surface area contributed by atoms with Crippen LogP contribution in [0.15, 0.2) is 36.4 Å². The fourth-order valence-electron chi connectivity index (χ4n) is 3.09. The van der Waals surface area contributed by atoms with Crippen molar-refractivity contribution in [2.24, 2.45) is 0 Å². The van der Waals surface area contributed by atoms with Crippen LogP contribution in [0.3, 0.4) is 0 Å². The zero-order valence-electron chi connectivity index (χ0n) is 13.4. The van der Waals surface area contributed by atoms with Gasteiger partial charge in [0, 0.05) is 15.9 Å². The van der Waals surface area contributed by atoms with Crippen LogP contribution in [0.4, 0.5) is 5.69 Å². The van der Waals surface area contributed by atoms with Crippen molar-refractivity contribution in [1.82, 2.24) is 0 Å². The second-order valence-electron chi connectivity index (χ2n) is 5.47. The third-order valence-electron chi connectivity index (χ3n) is 4.21. The summed E-state index contributed by atoms with van der Waals surface area (Å²) in [6.45, 7) is 0.490. The molecule has 5 nitrogen and oxygen atoms in total. The van der Waals surface area contributed by atoms with Gasteiger partial charge in [-0.1, -0.05) is 18.2 Å². The predicted octanol–water partition coefficient (Wildman–Crippen LogP) is 3.76. The van der Waals surface area contributed by atoms with Crippen molar-refractivity contribution in [2.45, 2.75) is 18.6 Å². The normalized spacial score (nSPS) is 19.0. The molecule has 2 atom stereocenters. The molecule has 24 heavy (non-hydrogen) atoms. The molecule has 0 fully saturated rings. The van der Waals surface area contributed by atoms with E-state index >= 15 is 0 Å². The second-order valence-corrected chi connectivity index (χ2v) is 6.63. The summed E-state index contributed by atoms with van der Waals surface area (Å²) in [7, 11) is 3.24. The highest BCUT2D eigenvalue weighted by Gasteiger charge is 2.30. The van der Waals surface area contributed by atoms with Gasteiger partial charge in [-0.15, -0.1) is 0 Å². The first kappa shape index (κ1) is 16.9. The van der Waals surface area contributed by atoms with E-state index in [9.17, 15) is 4.79 Å².